The summed E-state index contributed by atoms with van der Waals surface area (Å²) in [5.41, 5.74) is 2.20. The summed E-state index contributed by atoms with van der Waals surface area (Å²) in [6, 6.07) is 6.91. The van der Waals surface area contributed by atoms with Crippen LogP contribution in [0.3, 0.4) is 0 Å². The molecule has 0 spiro atoms. The number of nitrogens with zero attached hydrogens (tertiary/aromatic N) is 3. The van der Waals surface area contributed by atoms with Crippen molar-refractivity contribution in [3.8, 4) is 0 Å². The van der Waals surface area contributed by atoms with E-state index in [1.165, 1.54) is 25.7 Å². The first kappa shape index (κ1) is 13.4. The van der Waals surface area contributed by atoms with Gasteiger partial charge in [0, 0.05) is 35.9 Å². The fraction of sp³-hybridized carbons (Fsp3) is 0.600. The summed E-state index contributed by atoms with van der Waals surface area (Å²) < 4.78 is 0. The lowest BCUT2D eigenvalue weighted by molar-refractivity contribution is -0.385. The van der Waals surface area contributed by atoms with Gasteiger partial charge < -0.3 is 9.80 Å². The van der Waals surface area contributed by atoms with Crippen molar-refractivity contribution in [3.63, 3.8) is 0 Å². The third-order valence-corrected chi connectivity index (χ3v) is 4.50. The molecule has 0 radical (unpaired) electrons. The zero-order valence-electron chi connectivity index (χ0n) is 12.1. The molecule has 5 heteroatoms. The van der Waals surface area contributed by atoms with Gasteiger partial charge in [-0.05, 0) is 51.9 Å². The van der Waals surface area contributed by atoms with Crippen LogP contribution in [0.1, 0.15) is 31.2 Å². The van der Waals surface area contributed by atoms with E-state index < -0.39 is 0 Å². The molecule has 2 heterocycles. The van der Waals surface area contributed by atoms with Gasteiger partial charge in [-0.25, -0.2) is 0 Å². The van der Waals surface area contributed by atoms with Gasteiger partial charge in [0.05, 0.1) is 4.92 Å². The topological polar surface area (TPSA) is 49.6 Å². The molecule has 2 bridgehead atoms. The van der Waals surface area contributed by atoms with Gasteiger partial charge in [0.2, 0.25) is 0 Å². The van der Waals surface area contributed by atoms with Crippen LogP contribution in [0.2, 0.25) is 0 Å². The highest BCUT2D eigenvalue weighted by atomic mass is 16.6. The smallest absolute Gasteiger partial charge is 0.274 e. The molecule has 20 heavy (non-hydrogen) atoms. The van der Waals surface area contributed by atoms with Gasteiger partial charge in [-0.2, -0.15) is 0 Å². The number of hydrogen-bond acceptors (Lipinski definition) is 4. The lowest BCUT2D eigenvalue weighted by Crippen LogP contribution is -2.28. The fourth-order valence-corrected chi connectivity index (χ4v) is 3.71. The van der Waals surface area contributed by atoms with Crippen molar-refractivity contribution in [3.05, 3.63) is 33.9 Å². The second kappa shape index (κ2) is 5.05. The predicted octanol–water partition coefficient (Wildman–Crippen LogP) is 2.79. The van der Waals surface area contributed by atoms with Gasteiger partial charge in [0.1, 0.15) is 0 Å². The minimum absolute atomic E-state index is 0.231. The highest BCUT2D eigenvalue weighted by Gasteiger charge is 2.39. The molecule has 0 amide bonds. The Morgan fingerprint density at radius 3 is 2.35 bits per heavy atom. The Morgan fingerprint density at radius 2 is 1.85 bits per heavy atom. The lowest BCUT2D eigenvalue weighted by atomic mass is 10.0. The van der Waals surface area contributed by atoms with E-state index in [2.05, 4.69) is 4.90 Å². The van der Waals surface area contributed by atoms with Crippen molar-refractivity contribution in [1.82, 2.24) is 4.90 Å². The third-order valence-electron chi connectivity index (χ3n) is 4.50. The lowest BCUT2D eigenvalue weighted by Gasteiger charge is -2.25. The van der Waals surface area contributed by atoms with E-state index >= 15 is 0 Å². The molecule has 2 aliphatic rings. The van der Waals surface area contributed by atoms with E-state index in [1.54, 1.807) is 6.07 Å². The number of hydrogen-bond donors (Lipinski definition) is 0. The van der Waals surface area contributed by atoms with E-state index in [9.17, 15) is 10.1 Å². The van der Waals surface area contributed by atoms with E-state index in [0.29, 0.717) is 18.6 Å². The molecule has 1 aromatic rings. The molecular formula is C15H21N3O2. The molecule has 0 aromatic heterocycles. The molecule has 0 atom stereocenters. The second-order valence-electron chi connectivity index (χ2n) is 6.18. The summed E-state index contributed by atoms with van der Waals surface area (Å²) in [6.45, 7) is 0.604. The maximum absolute atomic E-state index is 11.2. The molecule has 0 aliphatic carbocycles. The Kier molecular flexibility index (Phi) is 3.38. The van der Waals surface area contributed by atoms with E-state index in [0.717, 1.165) is 11.3 Å². The monoisotopic (exact) mass is 275 g/mol. The normalized spacial score (nSPS) is 24.6. The van der Waals surface area contributed by atoms with Crippen LogP contribution in [0.25, 0.3) is 0 Å². The molecule has 2 aliphatic heterocycles. The Hall–Kier alpha value is -1.62. The van der Waals surface area contributed by atoms with E-state index in [4.69, 9.17) is 0 Å². The van der Waals surface area contributed by atoms with Crippen LogP contribution in [0, 0.1) is 10.1 Å². The summed E-state index contributed by atoms with van der Waals surface area (Å²) in [5.74, 6) is 0. The SMILES string of the molecule is CN(C)Cc1cc(N2C3CCC2CC3)ccc1[N+](=O)[O-]. The molecular weight excluding hydrogens is 254 g/mol. The van der Waals surface area contributed by atoms with Crippen LogP contribution < -0.4 is 4.90 Å². The van der Waals surface area contributed by atoms with Crippen LogP contribution in [-0.4, -0.2) is 36.0 Å². The molecule has 0 N–H and O–H groups in total. The van der Waals surface area contributed by atoms with Gasteiger partial charge in [0.15, 0.2) is 0 Å². The number of benzene rings is 1. The number of fused-ring (bicyclic) bond motifs is 2. The molecule has 108 valence electrons. The maximum atomic E-state index is 11.2. The summed E-state index contributed by atoms with van der Waals surface area (Å²) >= 11 is 0. The number of anilines is 1. The van der Waals surface area contributed by atoms with Crippen LogP contribution in [0.5, 0.6) is 0 Å². The van der Waals surface area contributed by atoms with Crippen molar-refractivity contribution in [2.45, 2.75) is 44.3 Å². The van der Waals surface area contributed by atoms with Gasteiger partial charge in [-0.3, -0.25) is 10.1 Å². The van der Waals surface area contributed by atoms with Crippen LogP contribution in [0.4, 0.5) is 11.4 Å². The van der Waals surface area contributed by atoms with E-state index in [1.807, 2.05) is 31.1 Å². The summed E-state index contributed by atoms with van der Waals surface area (Å²) in [7, 11) is 3.88. The fourth-order valence-electron chi connectivity index (χ4n) is 3.71. The second-order valence-corrected chi connectivity index (χ2v) is 6.18. The van der Waals surface area contributed by atoms with Crippen molar-refractivity contribution in [2.75, 3.05) is 19.0 Å². The minimum atomic E-state index is -0.277. The number of nitro benzene ring substituents is 1. The largest absolute Gasteiger partial charge is 0.366 e. The zero-order chi connectivity index (χ0) is 14.3. The van der Waals surface area contributed by atoms with Crippen molar-refractivity contribution in [1.29, 1.82) is 0 Å². The van der Waals surface area contributed by atoms with Crippen molar-refractivity contribution >= 4 is 11.4 Å². The molecule has 3 rings (SSSR count). The molecule has 1 aromatic carbocycles. The van der Waals surface area contributed by atoms with Crippen LogP contribution in [0.15, 0.2) is 18.2 Å². The third kappa shape index (κ3) is 2.26. The van der Waals surface area contributed by atoms with E-state index in [-0.39, 0.29) is 10.6 Å². The van der Waals surface area contributed by atoms with Crippen molar-refractivity contribution in [2.24, 2.45) is 0 Å². The number of rotatable bonds is 4. The minimum Gasteiger partial charge on any atom is -0.366 e. The average Bonchev–Trinajstić information content (AvgIpc) is 2.97. The molecule has 2 saturated heterocycles. The molecule has 0 unspecified atom stereocenters. The highest BCUT2D eigenvalue weighted by Crippen LogP contribution is 2.41. The molecule has 2 fully saturated rings. The van der Waals surface area contributed by atoms with Crippen LogP contribution in [-0.2, 0) is 6.54 Å². The average molecular weight is 275 g/mol. The van der Waals surface area contributed by atoms with Gasteiger partial charge in [0.25, 0.3) is 5.69 Å². The Morgan fingerprint density at radius 1 is 1.25 bits per heavy atom. The van der Waals surface area contributed by atoms with Crippen LogP contribution >= 0.6 is 0 Å². The van der Waals surface area contributed by atoms with Gasteiger partial charge in [-0.1, -0.05) is 0 Å². The maximum Gasteiger partial charge on any atom is 0.274 e. The first-order valence-corrected chi connectivity index (χ1v) is 7.26. The quantitative estimate of drug-likeness (QED) is 0.626. The Bertz CT molecular complexity index is 510. The Balaban J connectivity index is 1.95. The predicted molar refractivity (Wildman–Crippen MR) is 79.0 cm³/mol. The zero-order valence-corrected chi connectivity index (χ0v) is 12.1. The van der Waals surface area contributed by atoms with Crippen molar-refractivity contribution < 1.29 is 4.92 Å². The molecule has 5 nitrogen and oxygen atoms in total. The Labute approximate surface area is 119 Å². The highest BCUT2D eigenvalue weighted by molar-refractivity contribution is 5.58. The van der Waals surface area contributed by atoms with Gasteiger partial charge in [-0.15, -0.1) is 0 Å². The standard InChI is InChI=1S/C15H21N3O2/c1-16(2)10-11-9-14(7-8-15(11)18(19)20)17-12-3-4-13(17)6-5-12/h7-9,12-13H,3-6,10H2,1-2H3. The summed E-state index contributed by atoms with van der Waals surface area (Å²) in [4.78, 5) is 15.3. The first-order chi connectivity index (χ1) is 9.56. The summed E-state index contributed by atoms with van der Waals surface area (Å²) in [6.07, 6.45) is 5.07. The molecule has 0 saturated carbocycles. The first-order valence-electron chi connectivity index (χ1n) is 7.26. The number of nitro groups is 1. The summed E-state index contributed by atoms with van der Waals surface area (Å²) in [5, 5.41) is 11.2. The van der Waals surface area contributed by atoms with Gasteiger partial charge >= 0.3 is 0 Å².